The molecule has 17 heavy (non-hydrogen) atoms. The molecule has 0 radical (unpaired) electrons. The van der Waals surface area contributed by atoms with Gasteiger partial charge in [-0.05, 0) is 31.0 Å². The fourth-order valence-corrected chi connectivity index (χ4v) is 1.47. The van der Waals surface area contributed by atoms with Gasteiger partial charge >= 0.3 is 5.97 Å². The van der Waals surface area contributed by atoms with Gasteiger partial charge in [-0.2, -0.15) is 0 Å². The van der Waals surface area contributed by atoms with Gasteiger partial charge in [0.2, 0.25) is 0 Å². The molecule has 94 valence electrons. The molecular formula is C13H18O4. The molecule has 0 fully saturated rings. The first-order valence-corrected chi connectivity index (χ1v) is 5.59. The second-order valence-electron chi connectivity index (χ2n) is 4.16. The van der Waals surface area contributed by atoms with Crippen molar-refractivity contribution in [1.82, 2.24) is 0 Å². The van der Waals surface area contributed by atoms with Gasteiger partial charge in [0.1, 0.15) is 5.75 Å². The Hall–Kier alpha value is -1.55. The maximum absolute atomic E-state index is 10.3. The Bertz CT molecular complexity index is 387. The van der Waals surface area contributed by atoms with Crippen molar-refractivity contribution in [3.8, 4) is 5.75 Å². The number of carboxylic acid groups (broad SMARTS) is 1. The lowest BCUT2D eigenvalue weighted by atomic mass is 10.1. The second-order valence-corrected chi connectivity index (χ2v) is 4.16. The van der Waals surface area contributed by atoms with Crippen molar-refractivity contribution in [1.29, 1.82) is 0 Å². The summed E-state index contributed by atoms with van der Waals surface area (Å²) in [6, 6.07) is 5.90. The monoisotopic (exact) mass is 238 g/mol. The molecule has 0 bridgehead atoms. The minimum absolute atomic E-state index is 0.240. The van der Waals surface area contributed by atoms with Crippen LogP contribution < -0.4 is 4.74 Å². The lowest BCUT2D eigenvalue weighted by Gasteiger charge is -2.12. The van der Waals surface area contributed by atoms with Crippen molar-refractivity contribution >= 4 is 5.97 Å². The number of aliphatic hydroxyl groups excluding tert-OH is 1. The van der Waals surface area contributed by atoms with Gasteiger partial charge < -0.3 is 14.9 Å². The normalized spacial score (nSPS) is 12.2. The van der Waals surface area contributed by atoms with E-state index in [4.69, 9.17) is 9.84 Å². The van der Waals surface area contributed by atoms with Gasteiger partial charge in [0, 0.05) is 6.42 Å². The maximum atomic E-state index is 10.3. The summed E-state index contributed by atoms with van der Waals surface area (Å²) >= 11 is 0. The van der Waals surface area contributed by atoms with Crippen LogP contribution in [-0.4, -0.2) is 28.9 Å². The van der Waals surface area contributed by atoms with E-state index in [1.807, 2.05) is 32.0 Å². The van der Waals surface area contributed by atoms with Crippen molar-refractivity contribution in [2.75, 3.05) is 6.61 Å². The largest absolute Gasteiger partial charge is 0.493 e. The Morgan fingerprint density at radius 1 is 1.41 bits per heavy atom. The zero-order valence-electron chi connectivity index (χ0n) is 10.1. The van der Waals surface area contributed by atoms with Crippen molar-refractivity contribution in [2.45, 2.75) is 32.8 Å². The smallest absolute Gasteiger partial charge is 0.305 e. The van der Waals surface area contributed by atoms with Crippen molar-refractivity contribution in [3.63, 3.8) is 0 Å². The van der Waals surface area contributed by atoms with E-state index in [0.29, 0.717) is 13.0 Å². The van der Waals surface area contributed by atoms with Crippen LogP contribution in [0.15, 0.2) is 18.2 Å². The summed E-state index contributed by atoms with van der Waals surface area (Å²) in [6.07, 6.45) is -0.770. The lowest BCUT2D eigenvalue weighted by Crippen LogP contribution is -2.16. The molecule has 0 saturated carbocycles. The van der Waals surface area contributed by atoms with Gasteiger partial charge in [-0.25, -0.2) is 0 Å². The average Bonchev–Trinajstić information content (AvgIpc) is 2.22. The van der Waals surface area contributed by atoms with Gasteiger partial charge in [0.05, 0.1) is 19.1 Å². The first-order chi connectivity index (χ1) is 7.99. The molecule has 1 aromatic rings. The highest BCUT2D eigenvalue weighted by Crippen LogP contribution is 2.19. The summed E-state index contributed by atoms with van der Waals surface area (Å²) in [6.45, 7) is 4.24. The summed E-state index contributed by atoms with van der Waals surface area (Å²) in [7, 11) is 0. The van der Waals surface area contributed by atoms with Crippen LogP contribution in [0.1, 0.15) is 24.0 Å². The van der Waals surface area contributed by atoms with Gasteiger partial charge in [0.25, 0.3) is 0 Å². The first kappa shape index (κ1) is 13.5. The third-order valence-corrected chi connectivity index (χ3v) is 2.46. The quantitative estimate of drug-likeness (QED) is 0.794. The van der Waals surface area contributed by atoms with E-state index < -0.39 is 12.1 Å². The molecule has 0 aliphatic rings. The molecule has 0 aliphatic carbocycles. The summed E-state index contributed by atoms with van der Waals surface area (Å²) in [4.78, 5) is 10.3. The van der Waals surface area contributed by atoms with Crippen molar-refractivity contribution < 1.29 is 19.7 Å². The van der Waals surface area contributed by atoms with E-state index in [2.05, 4.69) is 0 Å². The van der Waals surface area contributed by atoms with E-state index in [1.54, 1.807) is 0 Å². The standard InChI is InChI=1S/C13H18O4/c1-9-3-4-10(2)12(7-9)17-6-5-11(14)8-13(15)16/h3-4,7,11,14H,5-6,8H2,1-2H3,(H,15,16). The Kier molecular flexibility index (Phi) is 4.97. The van der Waals surface area contributed by atoms with Crippen molar-refractivity contribution in [2.24, 2.45) is 0 Å². The molecule has 1 unspecified atom stereocenters. The third kappa shape index (κ3) is 4.87. The van der Waals surface area contributed by atoms with E-state index in [9.17, 15) is 9.90 Å². The highest BCUT2D eigenvalue weighted by atomic mass is 16.5. The Morgan fingerprint density at radius 3 is 2.76 bits per heavy atom. The number of hydrogen-bond donors (Lipinski definition) is 2. The zero-order chi connectivity index (χ0) is 12.8. The second kappa shape index (κ2) is 6.25. The van der Waals surface area contributed by atoms with Crippen molar-refractivity contribution in [3.05, 3.63) is 29.3 Å². The number of aryl methyl sites for hydroxylation is 2. The van der Waals surface area contributed by atoms with Gasteiger partial charge in [-0.3, -0.25) is 4.79 Å². The summed E-state index contributed by atoms with van der Waals surface area (Å²) < 4.78 is 5.52. The molecule has 0 aromatic heterocycles. The number of benzene rings is 1. The highest BCUT2D eigenvalue weighted by molar-refractivity contribution is 5.67. The third-order valence-electron chi connectivity index (χ3n) is 2.46. The van der Waals surface area contributed by atoms with Gasteiger partial charge in [-0.15, -0.1) is 0 Å². The molecule has 4 heteroatoms. The molecule has 0 aliphatic heterocycles. The summed E-state index contributed by atoms with van der Waals surface area (Å²) in [5, 5.41) is 17.8. The maximum Gasteiger partial charge on any atom is 0.305 e. The van der Waals surface area contributed by atoms with E-state index >= 15 is 0 Å². The summed E-state index contributed by atoms with van der Waals surface area (Å²) in [5.74, 6) is -0.211. The van der Waals surface area contributed by atoms with E-state index in [0.717, 1.165) is 16.9 Å². The van der Waals surface area contributed by atoms with Crippen LogP contribution in [-0.2, 0) is 4.79 Å². The minimum Gasteiger partial charge on any atom is -0.493 e. The Morgan fingerprint density at radius 2 is 2.12 bits per heavy atom. The Balaban J connectivity index is 2.40. The molecule has 1 aromatic carbocycles. The molecule has 0 spiro atoms. The SMILES string of the molecule is Cc1ccc(C)c(OCCC(O)CC(=O)O)c1. The number of carbonyl (C=O) groups is 1. The van der Waals surface area contributed by atoms with Crippen LogP contribution in [0.4, 0.5) is 0 Å². The van der Waals surface area contributed by atoms with Crippen LogP contribution in [0, 0.1) is 13.8 Å². The molecule has 4 nitrogen and oxygen atoms in total. The number of aliphatic hydroxyl groups is 1. The number of ether oxygens (including phenoxy) is 1. The fraction of sp³-hybridized carbons (Fsp3) is 0.462. The first-order valence-electron chi connectivity index (χ1n) is 5.59. The predicted molar refractivity (Wildman–Crippen MR) is 64.3 cm³/mol. The highest BCUT2D eigenvalue weighted by Gasteiger charge is 2.09. The number of carboxylic acids is 1. The number of rotatable bonds is 6. The Labute approximate surface area is 101 Å². The topological polar surface area (TPSA) is 66.8 Å². The van der Waals surface area contributed by atoms with Crippen LogP contribution >= 0.6 is 0 Å². The van der Waals surface area contributed by atoms with E-state index in [1.165, 1.54) is 0 Å². The van der Waals surface area contributed by atoms with Crippen LogP contribution in [0.5, 0.6) is 5.75 Å². The molecule has 0 amide bonds. The van der Waals surface area contributed by atoms with E-state index in [-0.39, 0.29) is 6.42 Å². The minimum atomic E-state index is -0.996. The zero-order valence-corrected chi connectivity index (χ0v) is 10.1. The van der Waals surface area contributed by atoms with Gasteiger partial charge in [-0.1, -0.05) is 12.1 Å². The average molecular weight is 238 g/mol. The molecule has 1 rings (SSSR count). The van der Waals surface area contributed by atoms with Crippen LogP contribution in [0.3, 0.4) is 0 Å². The molecular weight excluding hydrogens is 220 g/mol. The summed E-state index contributed by atoms with van der Waals surface area (Å²) in [5.41, 5.74) is 2.14. The lowest BCUT2D eigenvalue weighted by molar-refractivity contribution is -0.139. The molecule has 1 atom stereocenters. The molecule has 0 heterocycles. The number of hydrogen-bond acceptors (Lipinski definition) is 3. The number of aliphatic carboxylic acids is 1. The van der Waals surface area contributed by atoms with Crippen LogP contribution in [0.2, 0.25) is 0 Å². The molecule has 0 saturated heterocycles. The fourth-order valence-electron chi connectivity index (χ4n) is 1.47. The van der Waals surface area contributed by atoms with Gasteiger partial charge in [0.15, 0.2) is 0 Å². The molecule has 2 N–H and O–H groups in total. The van der Waals surface area contributed by atoms with Crippen LogP contribution in [0.25, 0.3) is 0 Å². The predicted octanol–water partition coefficient (Wildman–Crippen LogP) is 1.91.